The minimum atomic E-state index is -0.432. The van der Waals surface area contributed by atoms with Gasteiger partial charge in [0.2, 0.25) is 11.8 Å². The van der Waals surface area contributed by atoms with Crippen LogP contribution in [0.3, 0.4) is 0 Å². The van der Waals surface area contributed by atoms with Crippen LogP contribution in [0.4, 0.5) is 5.69 Å². The number of hydrogen-bond donors (Lipinski definition) is 2. The Kier molecular flexibility index (Phi) is 7.85. The summed E-state index contributed by atoms with van der Waals surface area (Å²) in [6.07, 6.45) is 3.02. The molecule has 0 bridgehead atoms. The largest absolute Gasteiger partial charge is 0.371 e. The second-order valence-electron chi connectivity index (χ2n) is 7.92. The van der Waals surface area contributed by atoms with E-state index in [9.17, 15) is 9.59 Å². The summed E-state index contributed by atoms with van der Waals surface area (Å²) in [5.74, 6) is 0.184. The molecule has 1 aliphatic rings. The van der Waals surface area contributed by atoms with Crippen LogP contribution in [0.2, 0.25) is 0 Å². The number of hydroxylamine groups is 1. The molecule has 0 atom stereocenters. The Morgan fingerprint density at radius 1 is 1.07 bits per heavy atom. The standard InChI is InChI=1S/C24H31N3O3/c1-19(28)27(15-5-8-24(29)25-30)18-20-9-11-23(12-10-20)26-16-13-22(14-17-26)21-6-3-2-4-7-21/h2-4,6-7,9-12,22,30H,5,8,13-18H2,1H3,(H,25,29). The second-order valence-corrected chi connectivity index (χ2v) is 7.92. The SMILES string of the molecule is CC(=O)N(CCCC(=O)NO)Cc1ccc(N2CCC(c3ccccc3)CC2)cc1. The third-order valence-corrected chi connectivity index (χ3v) is 5.84. The van der Waals surface area contributed by atoms with E-state index in [-0.39, 0.29) is 12.3 Å². The van der Waals surface area contributed by atoms with Crippen molar-refractivity contribution in [3.63, 3.8) is 0 Å². The monoisotopic (exact) mass is 409 g/mol. The number of nitrogens with one attached hydrogen (secondary N) is 1. The Labute approximate surface area is 178 Å². The molecule has 1 fully saturated rings. The highest BCUT2D eigenvalue weighted by molar-refractivity contribution is 5.75. The topological polar surface area (TPSA) is 72.9 Å². The molecule has 6 nitrogen and oxygen atoms in total. The number of amides is 2. The molecule has 160 valence electrons. The van der Waals surface area contributed by atoms with Crippen LogP contribution in [0, 0.1) is 0 Å². The Balaban J connectivity index is 1.51. The number of nitrogens with zero attached hydrogens (tertiary/aromatic N) is 2. The molecule has 0 unspecified atom stereocenters. The summed E-state index contributed by atoms with van der Waals surface area (Å²) in [6.45, 7) is 4.64. The molecule has 2 aromatic rings. The summed E-state index contributed by atoms with van der Waals surface area (Å²) < 4.78 is 0. The smallest absolute Gasteiger partial charge is 0.243 e. The molecule has 3 rings (SSSR count). The minimum Gasteiger partial charge on any atom is -0.371 e. The van der Waals surface area contributed by atoms with Crippen molar-refractivity contribution in [1.29, 1.82) is 0 Å². The molecule has 0 saturated carbocycles. The van der Waals surface area contributed by atoms with Gasteiger partial charge in [-0.2, -0.15) is 0 Å². The van der Waals surface area contributed by atoms with E-state index >= 15 is 0 Å². The lowest BCUT2D eigenvalue weighted by Crippen LogP contribution is -2.33. The average Bonchev–Trinajstić information content (AvgIpc) is 2.79. The summed E-state index contributed by atoms with van der Waals surface area (Å²) in [4.78, 5) is 27.2. The van der Waals surface area contributed by atoms with Gasteiger partial charge in [0.25, 0.3) is 0 Å². The highest BCUT2D eigenvalue weighted by atomic mass is 16.5. The molecule has 0 aliphatic carbocycles. The van der Waals surface area contributed by atoms with E-state index in [1.165, 1.54) is 18.2 Å². The van der Waals surface area contributed by atoms with Crippen molar-refractivity contribution in [3.05, 3.63) is 65.7 Å². The zero-order valence-corrected chi connectivity index (χ0v) is 17.6. The van der Waals surface area contributed by atoms with Crippen LogP contribution in [0.1, 0.15) is 49.7 Å². The summed E-state index contributed by atoms with van der Waals surface area (Å²) >= 11 is 0. The molecule has 1 saturated heterocycles. The van der Waals surface area contributed by atoms with Gasteiger partial charge in [0.15, 0.2) is 0 Å². The van der Waals surface area contributed by atoms with Gasteiger partial charge in [0.1, 0.15) is 0 Å². The number of benzene rings is 2. The van der Waals surface area contributed by atoms with Crippen molar-refractivity contribution in [2.24, 2.45) is 0 Å². The van der Waals surface area contributed by atoms with E-state index in [2.05, 4.69) is 59.5 Å². The predicted molar refractivity (Wildman–Crippen MR) is 117 cm³/mol. The lowest BCUT2D eigenvalue weighted by Gasteiger charge is -2.34. The van der Waals surface area contributed by atoms with Crippen molar-refractivity contribution >= 4 is 17.5 Å². The van der Waals surface area contributed by atoms with Gasteiger partial charge in [-0.05, 0) is 48.4 Å². The Hall–Kier alpha value is -2.86. The summed E-state index contributed by atoms with van der Waals surface area (Å²) in [5.41, 5.74) is 5.35. The minimum absolute atomic E-state index is 0.0218. The third kappa shape index (κ3) is 6.07. The molecule has 2 amide bonds. The number of carbonyl (C=O) groups excluding carboxylic acids is 2. The number of hydrogen-bond acceptors (Lipinski definition) is 4. The van der Waals surface area contributed by atoms with Gasteiger partial charge >= 0.3 is 0 Å². The molecular weight excluding hydrogens is 378 g/mol. The molecular formula is C24H31N3O3. The maximum absolute atomic E-state index is 11.9. The molecule has 0 radical (unpaired) electrons. The van der Waals surface area contributed by atoms with Crippen molar-refractivity contribution in [2.45, 2.75) is 45.1 Å². The number of carbonyl (C=O) groups is 2. The second kappa shape index (κ2) is 10.8. The van der Waals surface area contributed by atoms with Crippen LogP contribution in [0.15, 0.2) is 54.6 Å². The first-order valence-electron chi connectivity index (χ1n) is 10.6. The third-order valence-electron chi connectivity index (χ3n) is 5.84. The first-order chi connectivity index (χ1) is 14.6. The van der Waals surface area contributed by atoms with Gasteiger partial charge in [-0.15, -0.1) is 0 Å². The Morgan fingerprint density at radius 2 is 1.73 bits per heavy atom. The number of piperidine rings is 1. The van der Waals surface area contributed by atoms with Gasteiger partial charge in [0, 0.05) is 45.2 Å². The van der Waals surface area contributed by atoms with Crippen LogP contribution < -0.4 is 10.4 Å². The Bertz CT molecular complexity index is 815. The first kappa shape index (κ1) is 21.8. The first-order valence-corrected chi connectivity index (χ1v) is 10.6. The molecule has 6 heteroatoms. The van der Waals surface area contributed by atoms with Crippen molar-refractivity contribution in [1.82, 2.24) is 10.4 Å². The molecule has 1 aliphatic heterocycles. The molecule has 0 aromatic heterocycles. The summed E-state index contributed by atoms with van der Waals surface area (Å²) in [7, 11) is 0. The fraction of sp³-hybridized carbons (Fsp3) is 0.417. The van der Waals surface area contributed by atoms with Crippen LogP contribution in [0.25, 0.3) is 0 Å². The van der Waals surface area contributed by atoms with Gasteiger partial charge in [-0.1, -0.05) is 42.5 Å². The predicted octanol–water partition coefficient (Wildman–Crippen LogP) is 3.70. The molecule has 1 heterocycles. The van der Waals surface area contributed by atoms with Crippen LogP contribution in [-0.2, 0) is 16.1 Å². The van der Waals surface area contributed by atoms with Crippen molar-refractivity contribution in [3.8, 4) is 0 Å². The lowest BCUT2D eigenvalue weighted by molar-refractivity contribution is -0.132. The van der Waals surface area contributed by atoms with Crippen molar-refractivity contribution in [2.75, 3.05) is 24.5 Å². The molecule has 2 aromatic carbocycles. The van der Waals surface area contributed by atoms with Crippen LogP contribution >= 0.6 is 0 Å². The quantitative estimate of drug-likeness (QED) is 0.515. The van der Waals surface area contributed by atoms with Crippen molar-refractivity contribution < 1.29 is 14.8 Å². The zero-order chi connectivity index (χ0) is 21.3. The van der Waals surface area contributed by atoms with Gasteiger partial charge in [0.05, 0.1) is 0 Å². The van der Waals surface area contributed by atoms with Gasteiger partial charge < -0.3 is 9.80 Å². The van der Waals surface area contributed by atoms with Gasteiger partial charge in [-0.3, -0.25) is 14.8 Å². The summed E-state index contributed by atoms with van der Waals surface area (Å²) in [5, 5.41) is 8.57. The highest BCUT2D eigenvalue weighted by Crippen LogP contribution is 2.30. The molecule has 30 heavy (non-hydrogen) atoms. The van der Waals surface area contributed by atoms with Crippen LogP contribution in [0.5, 0.6) is 0 Å². The Morgan fingerprint density at radius 3 is 2.33 bits per heavy atom. The maximum atomic E-state index is 11.9. The normalized spacial score (nSPS) is 14.4. The number of rotatable bonds is 8. The van der Waals surface area contributed by atoms with E-state index < -0.39 is 5.91 Å². The fourth-order valence-corrected chi connectivity index (χ4v) is 4.06. The van der Waals surface area contributed by atoms with E-state index in [1.807, 2.05) is 0 Å². The number of anilines is 1. The highest BCUT2D eigenvalue weighted by Gasteiger charge is 2.20. The van der Waals surface area contributed by atoms with E-state index in [0.717, 1.165) is 31.5 Å². The summed E-state index contributed by atoms with van der Waals surface area (Å²) in [6, 6.07) is 19.2. The van der Waals surface area contributed by atoms with E-state index in [0.29, 0.717) is 25.4 Å². The fourth-order valence-electron chi connectivity index (χ4n) is 4.06. The molecule has 2 N–H and O–H groups in total. The lowest BCUT2D eigenvalue weighted by atomic mass is 9.89. The maximum Gasteiger partial charge on any atom is 0.243 e. The molecule has 0 spiro atoms. The van der Waals surface area contributed by atoms with Gasteiger partial charge in [-0.25, -0.2) is 5.48 Å². The van der Waals surface area contributed by atoms with E-state index in [4.69, 9.17) is 5.21 Å². The zero-order valence-electron chi connectivity index (χ0n) is 17.6. The van der Waals surface area contributed by atoms with Crippen LogP contribution in [-0.4, -0.2) is 41.6 Å². The van der Waals surface area contributed by atoms with E-state index in [1.54, 1.807) is 10.4 Å². The average molecular weight is 410 g/mol.